The molecule has 1 N–H and O–H groups in total. The summed E-state index contributed by atoms with van der Waals surface area (Å²) in [4.78, 5) is 15.5. The summed E-state index contributed by atoms with van der Waals surface area (Å²) >= 11 is 0. The maximum Gasteiger partial charge on any atom is 0.166 e. The molecule has 3 rings (SSSR count). The molecule has 0 spiro atoms. The zero-order valence-corrected chi connectivity index (χ0v) is 8.89. The fourth-order valence-electron chi connectivity index (χ4n) is 2.25. The average molecular weight is 215 g/mol. The zero-order chi connectivity index (χ0) is 11.0. The summed E-state index contributed by atoms with van der Waals surface area (Å²) in [6.07, 6.45) is 3.97. The molecular formula is C12H13N3O. The minimum absolute atomic E-state index is 0.486. The first kappa shape index (κ1) is 9.54. The van der Waals surface area contributed by atoms with Gasteiger partial charge in [-0.15, -0.1) is 0 Å². The number of nitrogens with zero attached hydrogens (tertiary/aromatic N) is 2. The maximum atomic E-state index is 10.9. The van der Waals surface area contributed by atoms with Gasteiger partial charge in [0.2, 0.25) is 0 Å². The molecule has 4 nitrogen and oxygen atoms in total. The number of hydrogen-bond acceptors (Lipinski definition) is 3. The van der Waals surface area contributed by atoms with Gasteiger partial charge in [0.1, 0.15) is 5.65 Å². The van der Waals surface area contributed by atoms with E-state index in [2.05, 4.69) is 10.3 Å². The highest BCUT2D eigenvalue weighted by Crippen LogP contribution is 2.22. The molecule has 2 aromatic heterocycles. The number of hydrogen-bond donors (Lipinski definition) is 1. The number of fused-ring (bicyclic) bond motifs is 1. The van der Waals surface area contributed by atoms with E-state index >= 15 is 0 Å². The third-order valence-electron chi connectivity index (χ3n) is 3.14. The molecule has 1 atom stereocenters. The van der Waals surface area contributed by atoms with Crippen LogP contribution in [0, 0.1) is 0 Å². The van der Waals surface area contributed by atoms with Crippen molar-refractivity contribution in [2.75, 3.05) is 13.1 Å². The highest BCUT2D eigenvalue weighted by Gasteiger charge is 2.19. The first-order valence-electron chi connectivity index (χ1n) is 5.52. The average Bonchev–Trinajstić information content (AvgIpc) is 2.96. The summed E-state index contributed by atoms with van der Waals surface area (Å²) in [5.41, 5.74) is 2.59. The van der Waals surface area contributed by atoms with Crippen molar-refractivity contribution in [3.8, 4) is 0 Å². The van der Waals surface area contributed by atoms with Gasteiger partial charge in [-0.2, -0.15) is 0 Å². The second-order valence-electron chi connectivity index (χ2n) is 4.15. The third-order valence-corrected chi connectivity index (χ3v) is 3.14. The molecule has 0 radical (unpaired) electrons. The van der Waals surface area contributed by atoms with E-state index in [9.17, 15) is 4.79 Å². The number of carbonyl (C=O) groups is 1. The van der Waals surface area contributed by atoms with Crippen LogP contribution in [0.1, 0.15) is 28.5 Å². The number of imidazole rings is 1. The van der Waals surface area contributed by atoms with E-state index in [1.807, 2.05) is 22.7 Å². The van der Waals surface area contributed by atoms with Crippen LogP contribution < -0.4 is 5.32 Å². The zero-order valence-electron chi connectivity index (χ0n) is 8.89. The van der Waals surface area contributed by atoms with Crippen molar-refractivity contribution >= 4 is 11.9 Å². The topological polar surface area (TPSA) is 46.4 Å². The van der Waals surface area contributed by atoms with Crippen LogP contribution in [0.5, 0.6) is 0 Å². The molecular weight excluding hydrogens is 202 g/mol. The van der Waals surface area contributed by atoms with Gasteiger partial charge < -0.3 is 5.32 Å². The largest absolute Gasteiger partial charge is 0.316 e. The molecule has 1 fully saturated rings. The molecule has 82 valence electrons. The normalized spacial score (nSPS) is 20.4. The van der Waals surface area contributed by atoms with Crippen molar-refractivity contribution in [2.45, 2.75) is 12.3 Å². The van der Waals surface area contributed by atoms with Gasteiger partial charge in [0.25, 0.3) is 0 Å². The summed E-state index contributed by atoms with van der Waals surface area (Å²) in [5, 5.41) is 3.32. The van der Waals surface area contributed by atoms with Crippen LogP contribution >= 0.6 is 0 Å². The Hall–Kier alpha value is -1.68. The molecule has 1 aliphatic heterocycles. The van der Waals surface area contributed by atoms with E-state index in [4.69, 9.17) is 0 Å². The van der Waals surface area contributed by atoms with Crippen LogP contribution in [-0.4, -0.2) is 28.8 Å². The Morgan fingerprint density at radius 2 is 2.44 bits per heavy atom. The minimum Gasteiger partial charge on any atom is -0.316 e. The lowest BCUT2D eigenvalue weighted by Gasteiger charge is -2.01. The fraction of sp³-hybridized carbons (Fsp3) is 0.333. The van der Waals surface area contributed by atoms with E-state index in [-0.39, 0.29) is 0 Å². The Labute approximate surface area is 93.3 Å². The molecule has 0 amide bonds. The van der Waals surface area contributed by atoms with E-state index in [1.165, 1.54) is 0 Å². The summed E-state index contributed by atoms with van der Waals surface area (Å²) < 4.78 is 1.86. The van der Waals surface area contributed by atoms with Gasteiger partial charge in [-0.05, 0) is 25.1 Å². The number of aromatic nitrogens is 2. The van der Waals surface area contributed by atoms with Gasteiger partial charge in [0.15, 0.2) is 6.29 Å². The quantitative estimate of drug-likeness (QED) is 0.766. The lowest BCUT2D eigenvalue weighted by molar-refractivity contribution is 0.111. The van der Waals surface area contributed by atoms with Crippen molar-refractivity contribution < 1.29 is 4.79 Å². The SMILES string of the molecule is O=Cc1cccc2nc(C3CCNC3)cn12. The Morgan fingerprint density at radius 1 is 1.50 bits per heavy atom. The van der Waals surface area contributed by atoms with Crippen LogP contribution in [-0.2, 0) is 0 Å². The second-order valence-corrected chi connectivity index (χ2v) is 4.15. The first-order valence-corrected chi connectivity index (χ1v) is 5.52. The van der Waals surface area contributed by atoms with E-state index in [0.717, 1.165) is 37.1 Å². The summed E-state index contributed by atoms with van der Waals surface area (Å²) in [6, 6.07) is 5.60. The number of nitrogens with one attached hydrogen (secondary N) is 1. The highest BCUT2D eigenvalue weighted by atomic mass is 16.1. The number of pyridine rings is 1. The molecule has 3 heterocycles. The monoisotopic (exact) mass is 215 g/mol. The van der Waals surface area contributed by atoms with Gasteiger partial charge in [-0.1, -0.05) is 6.07 Å². The van der Waals surface area contributed by atoms with Crippen molar-refractivity contribution in [3.05, 3.63) is 35.8 Å². The first-order chi connectivity index (χ1) is 7.88. The van der Waals surface area contributed by atoms with Gasteiger partial charge in [0.05, 0.1) is 11.4 Å². The number of rotatable bonds is 2. The molecule has 4 heteroatoms. The molecule has 0 aliphatic carbocycles. The molecule has 0 aromatic carbocycles. The molecule has 1 saturated heterocycles. The molecule has 0 bridgehead atoms. The van der Waals surface area contributed by atoms with Crippen molar-refractivity contribution in [3.63, 3.8) is 0 Å². The number of aldehydes is 1. The lowest BCUT2D eigenvalue weighted by Crippen LogP contribution is -2.08. The Balaban J connectivity index is 2.11. The number of carbonyl (C=O) groups excluding carboxylic acids is 1. The van der Waals surface area contributed by atoms with E-state index in [0.29, 0.717) is 11.6 Å². The molecule has 2 aromatic rings. The van der Waals surface area contributed by atoms with Crippen molar-refractivity contribution in [2.24, 2.45) is 0 Å². The van der Waals surface area contributed by atoms with Crippen LogP contribution in [0.3, 0.4) is 0 Å². The molecule has 1 unspecified atom stereocenters. The Kier molecular flexibility index (Phi) is 2.22. The van der Waals surface area contributed by atoms with Crippen LogP contribution in [0.4, 0.5) is 0 Å². The smallest absolute Gasteiger partial charge is 0.166 e. The summed E-state index contributed by atoms with van der Waals surface area (Å²) in [5.74, 6) is 0.486. The van der Waals surface area contributed by atoms with Gasteiger partial charge in [0, 0.05) is 18.7 Å². The third kappa shape index (κ3) is 1.42. The van der Waals surface area contributed by atoms with Gasteiger partial charge in [-0.25, -0.2) is 4.98 Å². The molecule has 16 heavy (non-hydrogen) atoms. The van der Waals surface area contributed by atoms with Crippen LogP contribution in [0.25, 0.3) is 5.65 Å². The van der Waals surface area contributed by atoms with Crippen molar-refractivity contribution in [1.82, 2.24) is 14.7 Å². The summed E-state index contributed by atoms with van der Waals surface area (Å²) in [7, 11) is 0. The standard InChI is InChI=1S/C12H13N3O/c16-8-10-2-1-3-12-14-11(7-15(10)12)9-4-5-13-6-9/h1-3,7-9,13H,4-6H2. The maximum absolute atomic E-state index is 10.9. The minimum atomic E-state index is 0.486. The van der Waals surface area contributed by atoms with E-state index < -0.39 is 0 Å². The van der Waals surface area contributed by atoms with Gasteiger partial charge >= 0.3 is 0 Å². The Morgan fingerprint density at radius 3 is 3.19 bits per heavy atom. The van der Waals surface area contributed by atoms with Gasteiger partial charge in [-0.3, -0.25) is 9.20 Å². The van der Waals surface area contributed by atoms with Crippen molar-refractivity contribution in [1.29, 1.82) is 0 Å². The fourth-order valence-corrected chi connectivity index (χ4v) is 2.25. The lowest BCUT2D eigenvalue weighted by atomic mass is 10.1. The summed E-state index contributed by atoms with van der Waals surface area (Å²) in [6.45, 7) is 2.04. The predicted octanol–water partition coefficient (Wildman–Crippen LogP) is 1.22. The van der Waals surface area contributed by atoms with Crippen LogP contribution in [0.2, 0.25) is 0 Å². The second kappa shape index (κ2) is 3.72. The highest BCUT2D eigenvalue weighted by molar-refractivity contribution is 5.73. The van der Waals surface area contributed by atoms with E-state index in [1.54, 1.807) is 6.07 Å². The predicted molar refractivity (Wildman–Crippen MR) is 60.8 cm³/mol. The van der Waals surface area contributed by atoms with Crippen LogP contribution in [0.15, 0.2) is 24.4 Å². The molecule has 1 aliphatic rings. The molecule has 0 saturated carbocycles. The Bertz CT molecular complexity index is 526.